The predicted molar refractivity (Wildman–Crippen MR) is 119 cm³/mol. The number of nitrogens with zero attached hydrogens (tertiary/aromatic N) is 2. The molecule has 1 N–H and O–H groups in total. The molecule has 0 fully saturated rings. The van der Waals surface area contributed by atoms with Crippen LogP contribution < -0.4 is 10.1 Å². The Morgan fingerprint density at radius 1 is 1.13 bits per heavy atom. The molecule has 0 saturated heterocycles. The van der Waals surface area contributed by atoms with E-state index in [2.05, 4.69) is 10.5 Å². The molecule has 0 radical (unpaired) electrons. The number of carbonyl (C=O) groups is 1. The van der Waals surface area contributed by atoms with E-state index in [0.29, 0.717) is 22.1 Å². The molecule has 1 atom stereocenters. The van der Waals surface area contributed by atoms with Crippen molar-refractivity contribution >= 4 is 17.5 Å². The molecule has 31 heavy (non-hydrogen) atoms. The van der Waals surface area contributed by atoms with Gasteiger partial charge in [-0.15, -0.1) is 0 Å². The van der Waals surface area contributed by atoms with Crippen LogP contribution in [0.3, 0.4) is 0 Å². The van der Waals surface area contributed by atoms with Crippen molar-refractivity contribution in [2.75, 3.05) is 0 Å². The number of aromatic nitrogens is 2. The first-order valence-electron chi connectivity index (χ1n) is 9.89. The zero-order valence-electron chi connectivity index (χ0n) is 17.2. The zero-order chi connectivity index (χ0) is 21.8. The highest BCUT2D eigenvalue weighted by Crippen LogP contribution is 2.21. The Bertz CT molecular complexity index is 1150. The van der Waals surface area contributed by atoms with Crippen LogP contribution in [0.4, 0.5) is 0 Å². The van der Waals surface area contributed by atoms with Crippen LogP contribution in [0.15, 0.2) is 77.6 Å². The fourth-order valence-electron chi connectivity index (χ4n) is 3.22. The summed E-state index contributed by atoms with van der Waals surface area (Å²) in [5, 5.41) is 7.56. The first kappa shape index (κ1) is 20.8. The standard InChI is InChI=1S/C24H22ClN3O3/c1-16(18-5-9-20(10-6-18)28-13-3-4-14-28)26-24(29)23-22(17(2)31-27-23)15-30-21-11-7-19(25)8-12-21/h3-14,16H,15H2,1-2H3,(H,26,29). The summed E-state index contributed by atoms with van der Waals surface area (Å²) in [6.07, 6.45) is 3.97. The summed E-state index contributed by atoms with van der Waals surface area (Å²) in [6.45, 7) is 3.85. The van der Waals surface area contributed by atoms with E-state index in [4.69, 9.17) is 20.9 Å². The van der Waals surface area contributed by atoms with Crippen LogP contribution in [-0.4, -0.2) is 15.6 Å². The third kappa shape index (κ3) is 4.81. The van der Waals surface area contributed by atoms with Gasteiger partial charge in [-0.1, -0.05) is 28.9 Å². The van der Waals surface area contributed by atoms with E-state index in [-0.39, 0.29) is 24.2 Å². The monoisotopic (exact) mass is 435 g/mol. The Morgan fingerprint density at radius 2 is 1.81 bits per heavy atom. The van der Waals surface area contributed by atoms with Crippen LogP contribution in [-0.2, 0) is 6.61 Å². The minimum absolute atomic E-state index is 0.166. The lowest BCUT2D eigenvalue weighted by atomic mass is 10.1. The van der Waals surface area contributed by atoms with E-state index in [0.717, 1.165) is 11.3 Å². The molecule has 2 aromatic heterocycles. The lowest BCUT2D eigenvalue weighted by Gasteiger charge is -2.15. The Hall–Kier alpha value is -3.51. The fraction of sp³-hybridized carbons (Fsp3) is 0.167. The van der Waals surface area contributed by atoms with Gasteiger partial charge in [0.2, 0.25) is 0 Å². The second kappa shape index (κ2) is 9.10. The second-order valence-electron chi connectivity index (χ2n) is 7.19. The molecular formula is C24H22ClN3O3. The van der Waals surface area contributed by atoms with Crippen molar-refractivity contribution in [3.63, 3.8) is 0 Å². The molecule has 4 aromatic rings. The normalized spacial score (nSPS) is 11.8. The van der Waals surface area contributed by atoms with Gasteiger partial charge in [0, 0.05) is 23.1 Å². The number of amides is 1. The number of ether oxygens (including phenoxy) is 1. The maximum atomic E-state index is 12.9. The van der Waals surface area contributed by atoms with E-state index in [1.807, 2.05) is 60.3 Å². The molecule has 0 aliphatic carbocycles. The van der Waals surface area contributed by atoms with Crippen molar-refractivity contribution in [3.05, 3.63) is 101 Å². The van der Waals surface area contributed by atoms with E-state index < -0.39 is 0 Å². The fourth-order valence-corrected chi connectivity index (χ4v) is 3.34. The molecule has 0 bridgehead atoms. The second-order valence-corrected chi connectivity index (χ2v) is 7.62. The summed E-state index contributed by atoms with van der Waals surface area (Å²) in [6, 6.07) is 18.8. The SMILES string of the molecule is Cc1onc(C(=O)NC(C)c2ccc(-n3cccc3)cc2)c1COc1ccc(Cl)cc1. The number of carbonyl (C=O) groups excluding carboxylic acids is 1. The predicted octanol–water partition coefficient (Wildman–Crippen LogP) is 5.50. The van der Waals surface area contributed by atoms with Gasteiger partial charge in [0.05, 0.1) is 11.6 Å². The van der Waals surface area contributed by atoms with E-state index in [1.54, 1.807) is 31.2 Å². The highest BCUT2D eigenvalue weighted by molar-refractivity contribution is 6.30. The third-order valence-electron chi connectivity index (χ3n) is 5.04. The molecule has 2 heterocycles. The van der Waals surface area contributed by atoms with Crippen LogP contribution in [0, 0.1) is 6.92 Å². The summed E-state index contributed by atoms with van der Waals surface area (Å²) < 4.78 is 13.1. The number of aryl methyl sites for hydroxylation is 1. The molecule has 0 spiro atoms. The first-order chi connectivity index (χ1) is 15.0. The highest BCUT2D eigenvalue weighted by Gasteiger charge is 2.22. The largest absolute Gasteiger partial charge is 0.489 e. The van der Waals surface area contributed by atoms with Gasteiger partial charge in [-0.05, 0) is 67.9 Å². The molecule has 1 unspecified atom stereocenters. The van der Waals surface area contributed by atoms with Crippen LogP contribution in [0.25, 0.3) is 5.69 Å². The van der Waals surface area contributed by atoms with Crippen LogP contribution in [0.1, 0.15) is 40.3 Å². The van der Waals surface area contributed by atoms with Crippen molar-refractivity contribution in [3.8, 4) is 11.4 Å². The lowest BCUT2D eigenvalue weighted by molar-refractivity contribution is 0.0928. The zero-order valence-corrected chi connectivity index (χ0v) is 18.0. The minimum atomic E-state index is -0.312. The van der Waals surface area contributed by atoms with Crippen molar-refractivity contribution in [2.45, 2.75) is 26.5 Å². The molecule has 1 amide bonds. The topological polar surface area (TPSA) is 69.3 Å². The van der Waals surface area contributed by atoms with Gasteiger partial charge in [-0.2, -0.15) is 0 Å². The van der Waals surface area contributed by atoms with Gasteiger partial charge in [0.25, 0.3) is 5.91 Å². The Morgan fingerprint density at radius 3 is 2.48 bits per heavy atom. The average Bonchev–Trinajstić information content (AvgIpc) is 3.44. The van der Waals surface area contributed by atoms with Crippen molar-refractivity contribution in [1.82, 2.24) is 15.0 Å². The van der Waals surface area contributed by atoms with Gasteiger partial charge in [0.15, 0.2) is 5.69 Å². The van der Waals surface area contributed by atoms with Crippen molar-refractivity contribution in [1.29, 1.82) is 0 Å². The van der Waals surface area contributed by atoms with Crippen molar-refractivity contribution < 1.29 is 14.1 Å². The highest BCUT2D eigenvalue weighted by atomic mass is 35.5. The molecule has 6 nitrogen and oxygen atoms in total. The quantitative estimate of drug-likeness (QED) is 0.416. The summed E-state index contributed by atoms with van der Waals surface area (Å²) in [7, 11) is 0. The number of halogens is 1. The molecule has 0 aliphatic rings. The first-order valence-corrected chi connectivity index (χ1v) is 10.3. The molecule has 7 heteroatoms. The van der Waals surface area contributed by atoms with E-state index in [1.165, 1.54) is 0 Å². The molecule has 0 saturated carbocycles. The van der Waals surface area contributed by atoms with E-state index in [9.17, 15) is 4.79 Å². The van der Waals surface area contributed by atoms with E-state index >= 15 is 0 Å². The number of rotatable bonds is 7. The van der Waals surface area contributed by atoms with Gasteiger partial charge >= 0.3 is 0 Å². The van der Waals surface area contributed by atoms with Gasteiger partial charge in [0.1, 0.15) is 18.1 Å². The number of hydrogen-bond donors (Lipinski definition) is 1. The smallest absolute Gasteiger partial charge is 0.274 e. The number of benzene rings is 2. The average molecular weight is 436 g/mol. The molecule has 4 rings (SSSR count). The minimum Gasteiger partial charge on any atom is -0.489 e. The Labute approximate surface area is 185 Å². The van der Waals surface area contributed by atoms with Crippen LogP contribution in [0.5, 0.6) is 5.75 Å². The maximum Gasteiger partial charge on any atom is 0.274 e. The molecule has 158 valence electrons. The van der Waals surface area contributed by atoms with Crippen LogP contribution in [0.2, 0.25) is 5.02 Å². The summed E-state index contributed by atoms with van der Waals surface area (Å²) in [5.41, 5.74) is 2.88. The van der Waals surface area contributed by atoms with Gasteiger partial charge in [-0.3, -0.25) is 4.79 Å². The lowest BCUT2D eigenvalue weighted by Crippen LogP contribution is -2.28. The third-order valence-corrected chi connectivity index (χ3v) is 5.29. The maximum absolute atomic E-state index is 12.9. The molecule has 0 aliphatic heterocycles. The Kier molecular flexibility index (Phi) is 6.09. The summed E-state index contributed by atoms with van der Waals surface area (Å²) in [5.74, 6) is 0.879. The van der Waals surface area contributed by atoms with Crippen molar-refractivity contribution in [2.24, 2.45) is 0 Å². The molecule has 2 aromatic carbocycles. The summed E-state index contributed by atoms with van der Waals surface area (Å²) in [4.78, 5) is 12.9. The summed E-state index contributed by atoms with van der Waals surface area (Å²) >= 11 is 5.90. The number of hydrogen-bond acceptors (Lipinski definition) is 4. The van der Waals surface area contributed by atoms with Crippen LogP contribution >= 0.6 is 11.6 Å². The Balaban J connectivity index is 1.43. The van der Waals surface area contributed by atoms with Gasteiger partial charge < -0.3 is 19.1 Å². The van der Waals surface area contributed by atoms with Gasteiger partial charge in [-0.25, -0.2) is 0 Å². The number of nitrogens with one attached hydrogen (secondary N) is 1. The molecular weight excluding hydrogens is 414 g/mol.